The minimum atomic E-state index is -0.347. The number of pyridine rings is 1. The Hall–Kier alpha value is -4.00. The highest BCUT2D eigenvalue weighted by Crippen LogP contribution is 2.30. The van der Waals surface area contributed by atoms with Crippen molar-refractivity contribution in [3.8, 4) is 0 Å². The highest BCUT2D eigenvalue weighted by molar-refractivity contribution is 6.11. The smallest absolute Gasteiger partial charge is 0.271 e. The Bertz CT molecular complexity index is 1290. The van der Waals surface area contributed by atoms with E-state index in [4.69, 9.17) is 0 Å². The van der Waals surface area contributed by atoms with Crippen LogP contribution in [0.4, 0.5) is 5.69 Å². The van der Waals surface area contributed by atoms with Crippen molar-refractivity contribution in [1.29, 1.82) is 0 Å². The first-order valence-corrected chi connectivity index (χ1v) is 10.1. The lowest BCUT2D eigenvalue weighted by atomic mass is 10.1. The van der Waals surface area contributed by atoms with Gasteiger partial charge < -0.3 is 9.88 Å². The summed E-state index contributed by atoms with van der Waals surface area (Å²) in [7, 11) is 0. The summed E-state index contributed by atoms with van der Waals surface area (Å²) in [5.74, 6) is -0.544. The molecule has 2 amide bonds. The zero-order chi connectivity index (χ0) is 21.8. The predicted octanol–water partition coefficient (Wildman–Crippen LogP) is 4.34. The van der Waals surface area contributed by atoms with Gasteiger partial charge in [-0.05, 0) is 50.2 Å². The maximum absolute atomic E-state index is 12.5. The molecule has 0 aliphatic heterocycles. The number of hydrazone groups is 1. The largest absolute Gasteiger partial charge is 0.341 e. The van der Waals surface area contributed by atoms with Gasteiger partial charge in [-0.1, -0.05) is 18.2 Å². The zero-order valence-corrected chi connectivity index (χ0v) is 17.4. The Morgan fingerprint density at radius 3 is 2.52 bits per heavy atom. The van der Waals surface area contributed by atoms with E-state index in [2.05, 4.69) is 44.5 Å². The van der Waals surface area contributed by atoms with Crippen molar-refractivity contribution in [2.45, 2.75) is 26.8 Å². The van der Waals surface area contributed by atoms with E-state index in [0.717, 1.165) is 28.5 Å². The van der Waals surface area contributed by atoms with Crippen molar-refractivity contribution < 1.29 is 9.59 Å². The van der Waals surface area contributed by atoms with Crippen molar-refractivity contribution >= 4 is 45.0 Å². The van der Waals surface area contributed by atoms with Crippen LogP contribution in [0.25, 0.3) is 21.8 Å². The fourth-order valence-corrected chi connectivity index (χ4v) is 3.66. The van der Waals surface area contributed by atoms with Gasteiger partial charge in [0, 0.05) is 57.7 Å². The number of nitrogens with one attached hydrogen (secondary N) is 2. The molecule has 0 aliphatic carbocycles. The molecule has 156 valence electrons. The molecule has 2 aromatic carbocycles. The van der Waals surface area contributed by atoms with Gasteiger partial charge in [0.25, 0.3) is 5.91 Å². The van der Waals surface area contributed by atoms with E-state index < -0.39 is 0 Å². The number of rotatable bonds is 6. The maximum Gasteiger partial charge on any atom is 0.271 e. The molecule has 7 nitrogen and oxygen atoms in total. The van der Waals surface area contributed by atoms with Gasteiger partial charge >= 0.3 is 0 Å². The zero-order valence-electron chi connectivity index (χ0n) is 17.4. The molecule has 0 radical (unpaired) electrons. The van der Waals surface area contributed by atoms with Crippen LogP contribution in [0.5, 0.6) is 0 Å². The van der Waals surface area contributed by atoms with E-state index in [1.54, 1.807) is 19.1 Å². The van der Waals surface area contributed by atoms with Gasteiger partial charge in [-0.3, -0.25) is 14.6 Å². The molecule has 7 heteroatoms. The highest BCUT2D eigenvalue weighted by Gasteiger charge is 2.11. The van der Waals surface area contributed by atoms with Crippen LogP contribution >= 0.6 is 0 Å². The Kier molecular flexibility index (Phi) is 5.75. The average Bonchev–Trinajstić information content (AvgIpc) is 3.11. The van der Waals surface area contributed by atoms with E-state index in [0.29, 0.717) is 11.3 Å². The van der Waals surface area contributed by atoms with E-state index in [1.165, 1.54) is 17.9 Å². The summed E-state index contributed by atoms with van der Waals surface area (Å²) >= 11 is 0. The predicted molar refractivity (Wildman–Crippen MR) is 123 cm³/mol. The lowest BCUT2D eigenvalue weighted by Gasteiger charge is -2.07. The molecule has 4 aromatic rings. The van der Waals surface area contributed by atoms with Gasteiger partial charge in [0.05, 0.1) is 6.42 Å². The number of carbonyl (C=O) groups excluding carboxylic acids is 2. The van der Waals surface area contributed by atoms with Gasteiger partial charge in [-0.25, -0.2) is 5.43 Å². The fourth-order valence-electron chi connectivity index (χ4n) is 3.66. The summed E-state index contributed by atoms with van der Waals surface area (Å²) in [6.45, 7) is 4.69. The molecule has 2 aromatic heterocycles. The summed E-state index contributed by atoms with van der Waals surface area (Å²) in [6.07, 6.45) is 3.15. The number of para-hydroxylation sites is 1. The van der Waals surface area contributed by atoms with Crippen molar-refractivity contribution in [3.05, 3.63) is 72.6 Å². The molecule has 0 atom stereocenters. The van der Waals surface area contributed by atoms with Crippen LogP contribution in [0.3, 0.4) is 0 Å². The van der Waals surface area contributed by atoms with Crippen molar-refractivity contribution in [2.75, 3.05) is 5.32 Å². The quantitative estimate of drug-likeness (QED) is 0.364. The number of fused-ring (bicyclic) bond motifs is 3. The van der Waals surface area contributed by atoms with Crippen molar-refractivity contribution in [1.82, 2.24) is 15.0 Å². The molecule has 0 saturated heterocycles. The monoisotopic (exact) mass is 413 g/mol. The molecule has 0 saturated carbocycles. The van der Waals surface area contributed by atoms with Gasteiger partial charge in [-0.2, -0.15) is 5.10 Å². The second-order valence-electron chi connectivity index (χ2n) is 7.24. The van der Waals surface area contributed by atoms with Crippen molar-refractivity contribution in [3.63, 3.8) is 0 Å². The molecule has 2 N–H and O–H groups in total. The number of hydrogen-bond donors (Lipinski definition) is 2. The number of carbonyl (C=O) groups is 2. The van der Waals surface area contributed by atoms with Gasteiger partial charge in [0.15, 0.2) is 0 Å². The maximum atomic E-state index is 12.5. The van der Waals surface area contributed by atoms with E-state index in [-0.39, 0.29) is 18.2 Å². The first-order chi connectivity index (χ1) is 15.1. The molecule has 0 fully saturated rings. The number of benzene rings is 2. The molecular formula is C24H23N5O2. The summed E-state index contributed by atoms with van der Waals surface area (Å²) < 4.78 is 2.26. The Balaban J connectivity index is 1.46. The standard InChI is InChI=1S/C24H23N5O2/c1-3-29-21-7-5-4-6-19(21)20-15-18(8-9-22(20)29)26-23(30)14-16(2)27-28-24(31)17-10-12-25-13-11-17/h4-13,15H,3,14H2,1-2H3,(H,26,30)(H,28,31). The van der Waals surface area contributed by atoms with Crippen LogP contribution in [0.1, 0.15) is 30.6 Å². The first-order valence-electron chi connectivity index (χ1n) is 10.1. The summed E-state index contributed by atoms with van der Waals surface area (Å²) in [4.78, 5) is 28.4. The Labute approximate surface area is 179 Å². The Morgan fingerprint density at radius 1 is 1.00 bits per heavy atom. The topological polar surface area (TPSA) is 88.4 Å². The summed E-state index contributed by atoms with van der Waals surface area (Å²) in [6, 6.07) is 17.4. The number of hydrogen-bond acceptors (Lipinski definition) is 4. The van der Waals surface area contributed by atoms with Gasteiger partial charge in [-0.15, -0.1) is 0 Å². The van der Waals surface area contributed by atoms with E-state index in [9.17, 15) is 9.59 Å². The van der Waals surface area contributed by atoms with Gasteiger partial charge in [0.1, 0.15) is 0 Å². The first kappa shape index (κ1) is 20.3. The summed E-state index contributed by atoms with van der Waals surface area (Å²) in [5.41, 5.74) is 6.46. The number of nitrogens with zero attached hydrogens (tertiary/aromatic N) is 3. The number of amides is 2. The molecule has 0 spiro atoms. The number of anilines is 1. The van der Waals surface area contributed by atoms with Crippen LogP contribution in [-0.4, -0.2) is 27.1 Å². The minimum absolute atomic E-state index is 0.0748. The van der Waals surface area contributed by atoms with E-state index >= 15 is 0 Å². The number of aryl methyl sites for hydroxylation is 1. The second kappa shape index (κ2) is 8.79. The third-order valence-electron chi connectivity index (χ3n) is 5.08. The van der Waals surface area contributed by atoms with Crippen LogP contribution in [0.15, 0.2) is 72.1 Å². The van der Waals surface area contributed by atoms with Crippen LogP contribution in [0.2, 0.25) is 0 Å². The van der Waals surface area contributed by atoms with Crippen LogP contribution < -0.4 is 10.7 Å². The highest BCUT2D eigenvalue weighted by atomic mass is 16.2. The molecule has 0 aliphatic rings. The molecule has 31 heavy (non-hydrogen) atoms. The van der Waals surface area contributed by atoms with Crippen LogP contribution in [0, 0.1) is 0 Å². The fraction of sp³-hybridized carbons (Fsp3) is 0.167. The Morgan fingerprint density at radius 2 is 1.74 bits per heavy atom. The number of aromatic nitrogens is 2. The molecule has 2 heterocycles. The van der Waals surface area contributed by atoms with Crippen LogP contribution in [-0.2, 0) is 11.3 Å². The third kappa shape index (κ3) is 4.30. The molecular weight excluding hydrogens is 390 g/mol. The second-order valence-corrected chi connectivity index (χ2v) is 7.24. The SMILES string of the molecule is CCn1c2ccccc2c2cc(NC(=O)CC(C)=NNC(=O)c3ccncc3)ccc21. The average molecular weight is 413 g/mol. The third-order valence-corrected chi connectivity index (χ3v) is 5.08. The molecule has 0 unspecified atom stereocenters. The minimum Gasteiger partial charge on any atom is -0.341 e. The lowest BCUT2D eigenvalue weighted by molar-refractivity contribution is -0.115. The van der Waals surface area contributed by atoms with E-state index in [1.807, 2.05) is 30.3 Å². The molecule has 4 rings (SSSR count). The van der Waals surface area contributed by atoms with Gasteiger partial charge in [0.2, 0.25) is 5.91 Å². The summed E-state index contributed by atoms with van der Waals surface area (Å²) in [5, 5.41) is 9.21. The molecule has 0 bridgehead atoms. The lowest BCUT2D eigenvalue weighted by Crippen LogP contribution is -2.21. The van der Waals surface area contributed by atoms with Crippen molar-refractivity contribution in [2.24, 2.45) is 5.10 Å². The normalized spacial score (nSPS) is 11.6.